The van der Waals surface area contributed by atoms with Crippen molar-refractivity contribution in [1.82, 2.24) is 0 Å². The molecule has 0 aliphatic rings. The molecule has 0 heterocycles. The Kier molecular flexibility index (Phi) is 6.87. The topological polar surface area (TPSA) is 35.5 Å². The standard InChI is InChI=1S/C14H20O3/c1-13(15)16-11-7-2-3-8-12-17-14-9-5-4-6-10-14/h4-6,9-10H,2-3,7-8,11-12H2,1H3. The van der Waals surface area contributed by atoms with Crippen LogP contribution in [0, 0.1) is 0 Å². The molecule has 1 rings (SSSR count). The van der Waals surface area contributed by atoms with E-state index >= 15 is 0 Å². The van der Waals surface area contributed by atoms with Gasteiger partial charge < -0.3 is 9.47 Å². The lowest BCUT2D eigenvalue weighted by atomic mass is 10.2. The van der Waals surface area contributed by atoms with Crippen LogP contribution in [-0.2, 0) is 9.53 Å². The summed E-state index contributed by atoms with van der Waals surface area (Å²) in [5.74, 6) is 0.727. The van der Waals surface area contributed by atoms with Crippen molar-refractivity contribution in [3.05, 3.63) is 30.3 Å². The number of esters is 1. The molecule has 0 aliphatic heterocycles. The molecule has 0 fully saturated rings. The Hall–Kier alpha value is -1.51. The Balaban J connectivity index is 1.90. The van der Waals surface area contributed by atoms with Gasteiger partial charge in [-0.05, 0) is 37.8 Å². The van der Waals surface area contributed by atoms with Gasteiger partial charge in [-0.1, -0.05) is 18.2 Å². The highest BCUT2D eigenvalue weighted by molar-refractivity contribution is 5.65. The van der Waals surface area contributed by atoms with Gasteiger partial charge in [0.1, 0.15) is 5.75 Å². The predicted octanol–water partition coefficient (Wildman–Crippen LogP) is 3.19. The van der Waals surface area contributed by atoms with Gasteiger partial charge in [-0.3, -0.25) is 4.79 Å². The average Bonchev–Trinajstić information content (AvgIpc) is 2.33. The van der Waals surface area contributed by atoms with Gasteiger partial charge >= 0.3 is 5.97 Å². The van der Waals surface area contributed by atoms with Gasteiger partial charge in [0.2, 0.25) is 0 Å². The second kappa shape index (κ2) is 8.62. The molecule has 0 unspecified atom stereocenters. The van der Waals surface area contributed by atoms with Crippen molar-refractivity contribution in [2.75, 3.05) is 13.2 Å². The summed E-state index contributed by atoms with van der Waals surface area (Å²) in [5.41, 5.74) is 0. The molecule has 0 saturated heterocycles. The Morgan fingerprint density at radius 3 is 2.29 bits per heavy atom. The zero-order valence-corrected chi connectivity index (χ0v) is 10.4. The van der Waals surface area contributed by atoms with Crippen molar-refractivity contribution >= 4 is 5.97 Å². The molecule has 17 heavy (non-hydrogen) atoms. The summed E-state index contributed by atoms with van der Waals surface area (Å²) in [6, 6.07) is 9.83. The van der Waals surface area contributed by atoms with Crippen molar-refractivity contribution in [3.8, 4) is 5.75 Å². The first kappa shape index (κ1) is 13.6. The molecule has 94 valence electrons. The number of benzene rings is 1. The Morgan fingerprint density at radius 2 is 1.65 bits per heavy atom. The van der Waals surface area contributed by atoms with Crippen molar-refractivity contribution < 1.29 is 14.3 Å². The maximum Gasteiger partial charge on any atom is 0.302 e. The van der Waals surface area contributed by atoms with Crippen LogP contribution in [0.2, 0.25) is 0 Å². The second-order valence-electron chi connectivity index (χ2n) is 3.92. The van der Waals surface area contributed by atoms with Crippen LogP contribution < -0.4 is 4.74 Å². The van der Waals surface area contributed by atoms with Crippen LogP contribution in [0.4, 0.5) is 0 Å². The van der Waals surface area contributed by atoms with Crippen molar-refractivity contribution in [2.24, 2.45) is 0 Å². The average molecular weight is 236 g/mol. The van der Waals surface area contributed by atoms with Gasteiger partial charge in [-0.25, -0.2) is 0 Å². The normalized spacial score (nSPS) is 9.94. The van der Waals surface area contributed by atoms with E-state index in [9.17, 15) is 4.79 Å². The van der Waals surface area contributed by atoms with E-state index in [0.29, 0.717) is 6.61 Å². The SMILES string of the molecule is CC(=O)OCCCCCCOc1ccccc1. The Bertz CT molecular complexity index is 309. The minimum Gasteiger partial charge on any atom is -0.494 e. The van der Waals surface area contributed by atoms with Crippen LogP contribution >= 0.6 is 0 Å². The molecule has 1 aromatic carbocycles. The molecule has 1 aromatic rings. The van der Waals surface area contributed by atoms with Gasteiger partial charge in [0.15, 0.2) is 0 Å². The number of hydrogen-bond donors (Lipinski definition) is 0. The number of carbonyl (C=O) groups excluding carboxylic acids is 1. The van der Waals surface area contributed by atoms with E-state index in [4.69, 9.17) is 9.47 Å². The Morgan fingerprint density at radius 1 is 1.00 bits per heavy atom. The molecular formula is C14H20O3. The highest BCUT2D eigenvalue weighted by atomic mass is 16.5. The van der Waals surface area contributed by atoms with E-state index < -0.39 is 0 Å². The summed E-state index contributed by atoms with van der Waals surface area (Å²) in [6.45, 7) is 2.72. The van der Waals surface area contributed by atoms with Crippen molar-refractivity contribution in [3.63, 3.8) is 0 Å². The molecule has 0 radical (unpaired) electrons. The van der Waals surface area contributed by atoms with Crippen LogP contribution in [0.5, 0.6) is 5.75 Å². The summed E-state index contributed by atoms with van der Waals surface area (Å²) < 4.78 is 10.4. The summed E-state index contributed by atoms with van der Waals surface area (Å²) >= 11 is 0. The quantitative estimate of drug-likeness (QED) is 0.513. The monoisotopic (exact) mass is 236 g/mol. The van der Waals surface area contributed by atoms with E-state index in [1.807, 2.05) is 30.3 Å². The van der Waals surface area contributed by atoms with Crippen LogP contribution in [0.25, 0.3) is 0 Å². The van der Waals surface area contributed by atoms with Gasteiger partial charge in [-0.15, -0.1) is 0 Å². The van der Waals surface area contributed by atoms with E-state index in [2.05, 4.69) is 0 Å². The molecule has 0 saturated carbocycles. The minimum absolute atomic E-state index is 0.197. The second-order valence-corrected chi connectivity index (χ2v) is 3.92. The number of carbonyl (C=O) groups is 1. The van der Waals surface area contributed by atoms with Crippen LogP contribution in [0.1, 0.15) is 32.6 Å². The minimum atomic E-state index is -0.197. The fourth-order valence-electron chi connectivity index (χ4n) is 1.48. The van der Waals surface area contributed by atoms with E-state index in [1.165, 1.54) is 6.92 Å². The zero-order valence-electron chi connectivity index (χ0n) is 10.4. The third kappa shape index (κ3) is 7.39. The number of ether oxygens (including phenoxy) is 2. The molecule has 0 aliphatic carbocycles. The number of unbranched alkanes of at least 4 members (excludes halogenated alkanes) is 3. The zero-order chi connectivity index (χ0) is 12.3. The maximum absolute atomic E-state index is 10.5. The lowest BCUT2D eigenvalue weighted by Gasteiger charge is -2.05. The molecule has 0 atom stereocenters. The van der Waals surface area contributed by atoms with Crippen molar-refractivity contribution in [2.45, 2.75) is 32.6 Å². The predicted molar refractivity (Wildman–Crippen MR) is 67.0 cm³/mol. The number of para-hydroxylation sites is 1. The van der Waals surface area contributed by atoms with Gasteiger partial charge in [0.05, 0.1) is 13.2 Å². The number of rotatable bonds is 8. The third-order valence-electron chi connectivity index (χ3n) is 2.36. The Labute approximate surface area is 103 Å². The van der Waals surface area contributed by atoms with Crippen molar-refractivity contribution in [1.29, 1.82) is 0 Å². The van der Waals surface area contributed by atoms with Crippen LogP contribution in [0.15, 0.2) is 30.3 Å². The lowest BCUT2D eigenvalue weighted by molar-refractivity contribution is -0.141. The summed E-state index contributed by atoms with van der Waals surface area (Å²) in [5, 5.41) is 0. The fourth-order valence-corrected chi connectivity index (χ4v) is 1.48. The first-order valence-corrected chi connectivity index (χ1v) is 6.10. The largest absolute Gasteiger partial charge is 0.494 e. The number of hydrogen-bond acceptors (Lipinski definition) is 3. The summed E-state index contributed by atoms with van der Waals surface area (Å²) in [4.78, 5) is 10.5. The van der Waals surface area contributed by atoms with Gasteiger partial charge in [0, 0.05) is 6.92 Å². The third-order valence-corrected chi connectivity index (χ3v) is 2.36. The van der Waals surface area contributed by atoms with E-state index in [1.54, 1.807) is 0 Å². The van der Waals surface area contributed by atoms with Crippen LogP contribution in [-0.4, -0.2) is 19.2 Å². The fraction of sp³-hybridized carbons (Fsp3) is 0.500. The lowest BCUT2D eigenvalue weighted by Crippen LogP contribution is -2.01. The molecular weight excluding hydrogens is 216 g/mol. The van der Waals surface area contributed by atoms with Crippen LogP contribution in [0.3, 0.4) is 0 Å². The molecule has 0 bridgehead atoms. The van der Waals surface area contributed by atoms with E-state index in [0.717, 1.165) is 38.0 Å². The molecule has 3 nitrogen and oxygen atoms in total. The molecule has 0 N–H and O–H groups in total. The van der Waals surface area contributed by atoms with E-state index in [-0.39, 0.29) is 5.97 Å². The van der Waals surface area contributed by atoms with Gasteiger partial charge in [-0.2, -0.15) is 0 Å². The summed E-state index contributed by atoms with van der Waals surface area (Å²) in [6.07, 6.45) is 4.15. The molecule has 0 spiro atoms. The molecule has 0 aromatic heterocycles. The first-order valence-electron chi connectivity index (χ1n) is 6.10. The highest BCUT2D eigenvalue weighted by Crippen LogP contribution is 2.09. The maximum atomic E-state index is 10.5. The molecule has 0 amide bonds. The smallest absolute Gasteiger partial charge is 0.302 e. The molecule has 3 heteroatoms. The highest BCUT2D eigenvalue weighted by Gasteiger charge is 1.95. The first-order chi connectivity index (χ1) is 8.29. The van der Waals surface area contributed by atoms with Gasteiger partial charge in [0.25, 0.3) is 0 Å². The summed E-state index contributed by atoms with van der Waals surface area (Å²) in [7, 11) is 0.